The number of fused-ring (bicyclic) bond motifs is 2. The molecular formula is C40H52B3BrN6O6S2. The molecule has 0 N–H and O–H groups in total. The van der Waals surface area contributed by atoms with E-state index in [4.69, 9.17) is 27.9 Å². The van der Waals surface area contributed by atoms with Gasteiger partial charge in [0.05, 0.1) is 57.0 Å². The van der Waals surface area contributed by atoms with Crippen molar-refractivity contribution in [3.8, 4) is 10.3 Å². The van der Waals surface area contributed by atoms with E-state index in [1.165, 1.54) is 4.88 Å². The summed E-state index contributed by atoms with van der Waals surface area (Å²) in [7, 11) is -1.33. The lowest BCUT2D eigenvalue weighted by Gasteiger charge is -2.32. The molecule has 9 rings (SSSR count). The van der Waals surface area contributed by atoms with Gasteiger partial charge in [0, 0.05) is 37.4 Å². The van der Waals surface area contributed by atoms with Gasteiger partial charge in [-0.1, -0.05) is 34.1 Å². The summed E-state index contributed by atoms with van der Waals surface area (Å²) in [5.41, 5.74) is 0.945. The minimum absolute atomic E-state index is 0.348. The van der Waals surface area contributed by atoms with E-state index >= 15 is 0 Å². The Morgan fingerprint density at radius 1 is 0.517 bits per heavy atom. The van der Waals surface area contributed by atoms with Crippen molar-refractivity contribution in [1.29, 1.82) is 0 Å². The molecule has 58 heavy (non-hydrogen) atoms. The zero-order valence-corrected chi connectivity index (χ0v) is 39.1. The Morgan fingerprint density at radius 3 is 1.29 bits per heavy atom. The number of aryl methyl sites for hydroxylation is 2. The van der Waals surface area contributed by atoms with Crippen LogP contribution in [0.1, 0.15) is 92.8 Å². The highest BCUT2D eigenvalue weighted by Crippen LogP contribution is 2.43. The highest BCUT2D eigenvalue weighted by atomic mass is 79.9. The number of halogens is 1. The predicted molar refractivity (Wildman–Crippen MR) is 239 cm³/mol. The molecule has 3 aliphatic heterocycles. The second kappa shape index (κ2) is 15.2. The van der Waals surface area contributed by atoms with Crippen molar-refractivity contribution in [2.24, 2.45) is 0 Å². The molecule has 18 heteroatoms. The topological polar surface area (TPSA) is 117 Å². The van der Waals surface area contributed by atoms with Gasteiger partial charge < -0.3 is 27.9 Å². The van der Waals surface area contributed by atoms with E-state index in [-0.39, 0.29) is 40.7 Å². The molecular weight excluding hydrogens is 837 g/mol. The van der Waals surface area contributed by atoms with Gasteiger partial charge in [0.2, 0.25) is 10.3 Å². The van der Waals surface area contributed by atoms with Crippen LogP contribution in [0.15, 0.2) is 65.7 Å². The average Bonchev–Trinajstić information content (AvgIpc) is 3.98. The molecule has 0 atom stereocenters. The van der Waals surface area contributed by atoms with Crippen molar-refractivity contribution in [3.05, 3.63) is 75.4 Å². The zero-order valence-electron chi connectivity index (χ0n) is 35.8. The minimum Gasteiger partial charge on any atom is -0.405 e. The summed E-state index contributed by atoms with van der Waals surface area (Å²) >= 11 is 6.74. The second-order valence-corrected chi connectivity index (χ2v) is 21.3. The van der Waals surface area contributed by atoms with Crippen LogP contribution in [0.2, 0.25) is 0 Å². The normalized spacial score (nSPS) is 21.0. The highest BCUT2D eigenvalue weighted by Gasteiger charge is 2.63. The monoisotopic (exact) mass is 888 g/mol. The minimum atomic E-state index is -0.476. The molecule has 3 fully saturated rings. The van der Waals surface area contributed by atoms with Gasteiger partial charge in [0.15, 0.2) is 0 Å². The van der Waals surface area contributed by atoms with E-state index in [1.807, 2.05) is 122 Å². The van der Waals surface area contributed by atoms with Crippen LogP contribution in [-0.2, 0) is 27.9 Å². The van der Waals surface area contributed by atoms with Crippen molar-refractivity contribution in [2.75, 3.05) is 0 Å². The smallest absolute Gasteiger partial charge is 0.405 e. The molecule has 0 unspecified atom stereocenters. The van der Waals surface area contributed by atoms with Gasteiger partial charge in [0.1, 0.15) is 0 Å². The summed E-state index contributed by atoms with van der Waals surface area (Å²) in [6.07, 6.45) is 7.45. The molecule has 6 aromatic rings. The molecule has 7 heterocycles. The fourth-order valence-corrected chi connectivity index (χ4v) is 8.15. The van der Waals surface area contributed by atoms with Gasteiger partial charge in [-0.2, -0.15) is 10.2 Å². The first-order valence-electron chi connectivity index (χ1n) is 19.4. The molecule has 0 bridgehead atoms. The van der Waals surface area contributed by atoms with Gasteiger partial charge in [-0.05, 0) is 121 Å². The number of hydrogen-bond acceptors (Lipinski definition) is 12. The zero-order chi connectivity index (χ0) is 42.2. The third kappa shape index (κ3) is 8.25. The molecule has 12 nitrogen and oxygen atoms in total. The van der Waals surface area contributed by atoms with Gasteiger partial charge in [-0.15, -0.1) is 22.7 Å². The maximum atomic E-state index is 6.16. The Kier molecular flexibility index (Phi) is 11.3. The van der Waals surface area contributed by atoms with E-state index in [2.05, 4.69) is 82.0 Å². The van der Waals surface area contributed by atoms with Crippen LogP contribution in [0.25, 0.3) is 32.1 Å². The number of nitrogens with zero attached hydrogens (tertiary/aromatic N) is 6. The number of thiazole rings is 2. The molecule has 0 saturated carbocycles. The first-order valence-corrected chi connectivity index (χ1v) is 21.8. The Balaban J connectivity index is 0.000000136. The van der Waals surface area contributed by atoms with Crippen molar-refractivity contribution >= 4 is 87.0 Å². The summed E-state index contributed by atoms with van der Waals surface area (Å²) in [6, 6.07) is 12.3. The summed E-state index contributed by atoms with van der Waals surface area (Å²) in [4.78, 5) is 11.1. The van der Waals surface area contributed by atoms with Crippen molar-refractivity contribution in [1.82, 2.24) is 29.5 Å². The summed E-state index contributed by atoms with van der Waals surface area (Å²) in [6.45, 7) is 28.6. The van der Waals surface area contributed by atoms with Gasteiger partial charge in [0.25, 0.3) is 0 Å². The van der Waals surface area contributed by atoms with Crippen LogP contribution in [-0.4, -0.2) is 84.3 Å². The largest absolute Gasteiger partial charge is 0.494 e. The summed E-state index contributed by atoms with van der Waals surface area (Å²) < 4.78 is 41.0. The van der Waals surface area contributed by atoms with Crippen LogP contribution in [0.3, 0.4) is 0 Å². The molecule has 306 valence electrons. The maximum Gasteiger partial charge on any atom is 0.494 e. The van der Waals surface area contributed by atoms with Crippen molar-refractivity contribution < 1.29 is 27.9 Å². The van der Waals surface area contributed by atoms with E-state index in [0.717, 1.165) is 46.9 Å². The molecule has 0 spiro atoms. The van der Waals surface area contributed by atoms with Crippen molar-refractivity contribution in [2.45, 2.75) is 131 Å². The van der Waals surface area contributed by atoms with Crippen molar-refractivity contribution in [3.63, 3.8) is 0 Å². The SMILES string of the molecule is CC1(C)OB(B2OC(C)(C)C(C)(C)O2)OC1(C)C.Cc1cnc(-n2ncc3ccc(B4OC(C)(C)C(C)(C)O4)cc32)s1.Cc1cnc(-n2ncc3ccc(Br)cc32)s1. The van der Waals surface area contributed by atoms with Gasteiger partial charge >= 0.3 is 21.1 Å². The Hall–Kier alpha value is -2.93. The number of hydrogen-bond donors (Lipinski definition) is 0. The number of rotatable bonds is 4. The Bertz CT molecular complexity index is 2360. The number of benzene rings is 2. The van der Waals surface area contributed by atoms with E-state index in [0.29, 0.717) is 0 Å². The lowest BCUT2D eigenvalue weighted by Crippen LogP contribution is -2.41. The molecule has 3 saturated heterocycles. The predicted octanol–water partition coefficient (Wildman–Crippen LogP) is 8.89. The molecule has 0 radical (unpaired) electrons. The molecule has 0 aliphatic carbocycles. The summed E-state index contributed by atoms with van der Waals surface area (Å²) in [5, 5.41) is 12.8. The molecule has 3 aliphatic rings. The molecule has 4 aromatic heterocycles. The fraction of sp³-hybridized carbons (Fsp3) is 0.500. The van der Waals surface area contributed by atoms with Gasteiger partial charge in [-0.25, -0.2) is 19.3 Å². The first-order chi connectivity index (χ1) is 26.9. The third-order valence-electron chi connectivity index (χ3n) is 12.0. The number of aromatic nitrogens is 6. The van der Waals surface area contributed by atoms with Crippen LogP contribution >= 0.6 is 38.6 Å². The second-order valence-electron chi connectivity index (χ2n) is 18.0. The lowest BCUT2D eigenvalue weighted by atomic mass is 9.49. The highest BCUT2D eigenvalue weighted by molar-refractivity contribution is 9.10. The van der Waals surface area contributed by atoms with E-state index < -0.39 is 14.0 Å². The lowest BCUT2D eigenvalue weighted by molar-refractivity contribution is 0.00578. The Morgan fingerprint density at radius 2 is 0.897 bits per heavy atom. The fourth-order valence-electron chi connectivity index (χ4n) is 6.34. The van der Waals surface area contributed by atoms with Gasteiger partial charge in [-0.3, -0.25) is 0 Å². The van der Waals surface area contributed by atoms with Crippen LogP contribution in [0, 0.1) is 13.8 Å². The van der Waals surface area contributed by atoms with E-state index in [9.17, 15) is 0 Å². The van der Waals surface area contributed by atoms with Crippen LogP contribution < -0.4 is 5.46 Å². The Labute approximate surface area is 358 Å². The standard InChI is InChI=1S/C17H20BN3O2S.C12H24B2O4.C11H8BrN3S/c1-11-9-19-15(24-11)21-14-8-13(7-6-12(14)10-20-21)18-22-16(2,3)17(4,5)23-18;1-9(2)10(3,4)16-13(15-9)14-17-11(5,6)12(7,8)18-14;1-7-5-13-11(16-7)15-10-4-9(12)3-2-8(10)6-14-15/h6-10H,1-5H3;1-8H3;2-6H,1H3. The molecule has 0 amide bonds. The molecule has 2 aromatic carbocycles. The third-order valence-corrected chi connectivity index (χ3v) is 14.3. The van der Waals surface area contributed by atoms with E-state index in [1.54, 1.807) is 22.7 Å². The maximum absolute atomic E-state index is 6.16. The summed E-state index contributed by atoms with van der Waals surface area (Å²) in [5.74, 6) is 0. The first kappa shape index (κ1) is 43.2. The van der Waals surface area contributed by atoms with Crippen LogP contribution in [0.4, 0.5) is 0 Å². The van der Waals surface area contributed by atoms with Crippen LogP contribution in [0.5, 0.6) is 0 Å². The average molecular weight is 889 g/mol. The quantitative estimate of drug-likeness (QED) is 0.159.